The Morgan fingerprint density at radius 2 is 2.05 bits per heavy atom. The molecule has 2 unspecified atom stereocenters. The van der Waals surface area contributed by atoms with Gasteiger partial charge in [-0.05, 0) is 24.7 Å². The maximum absolute atomic E-state index is 12.4. The molecule has 1 N–H and O–H groups in total. The number of piperazine rings is 1. The van der Waals surface area contributed by atoms with E-state index in [0.717, 1.165) is 32.5 Å². The number of nitrogens with one attached hydrogen (secondary N) is 1. The van der Waals surface area contributed by atoms with Gasteiger partial charge in [-0.25, -0.2) is 0 Å². The fourth-order valence-electron chi connectivity index (χ4n) is 2.75. The van der Waals surface area contributed by atoms with E-state index < -0.39 is 0 Å². The van der Waals surface area contributed by atoms with Crippen molar-refractivity contribution in [2.24, 2.45) is 11.8 Å². The minimum absolute atomic E-state index is 0.0306. The highest BCUT2D eigenvalue weighted by atomic mass is 16.5. The fourth-order valence-corrected chi connectivity index (χ4v) is 2.75. The number of amides is 2. The van der Waals surface area contributed by atoms with E-state index in [9.17, 15) is 9.59 Å². The van der Waals surface area contributed by atoms with Gasteiger partial charge < -0.3 is 15.0 Å². The van der Waals surface area contributed by atoms with Gasteiger partial charge in [0.25, 0.3) is 0 Å². The molecule has 2 atom stereocenters. The summed E-state index contributed by atoms with van der Waals surface area (Å²) in [6.45, 7) is 6.51. The first kappa shape index (κ1) is 14.3. The minimum atomic E-state index is -0.342. The van der Waals surface area contributed by atoms with Gasteiger partial charge in [0.2, 0.25) is 11.8 Å². The second kappa shape index (κ2) is 6.37. The van der Waals surface area contributed by atoms with E-state index in [1.54, 1.807) is 4.90 Å². The Balaban J connectivity index is 1.98. The predicted octanol–water partition coefficient (Wildman–Crippen LogP) is 0.786. The molecular formula is C14H24N2O3. The molecule has 0 aliphatic carbocycles. The van der Waals surface area contributed by atoms with Crippen molar-refractivity contribution >= 4 is 11.8 Å². The van der Waals surface area contributed by atoms with E-state index in [1.165, 1.54) is 0 Å². The van der Waals surface area contributed by atoms with E-state index in [0.29, 0.717) is 12.5 Å². The lowest BCUT2D eigenvalue weighted by molar-refractivity contribution is -0.146. The van der Waals surface area contributed by atoms with E-state index in [-0.39, 0.29) is 30.3 Å². The molecule has 0 bridgehead atoms. The van der Waals surface area contributed by atoms with Crippen molar-refractivity contribution in [2.75, 3.05) is 26.3 Å². The van der Waals surface area contributed by atoms with Crippen LogP contribution in [-0.4, -0.2) is 49.1 Å². The average Bonchev–Trinajstić information content (AvgIpc) is 2.42. The van der Waals surface area contributed by atoms with Crippen LogP contribution in [0.3, 0.4) is 0 Å². The van der Waals surface area contributed by atoms with E-state index in [4.69, 9.17) is 4.74 Å². The van der Waals surface area contributed by atoms with Crippen LogP contribution in [0.4, 0.5) is 0 Å². The summed E-state index contributed by atoms with van der Waals surface area (Å²) in [5.41, 5.74) is 0. The van der Waals surface area contributed by atoms with Crippen LogP contribution in [0.15, 0.2) is 0 Å². The van der Waals surface area contributed by atoms with Crippen molar-refractivity contribution in [2.45, 2.75) is 39.2 Å². The zero-order chi connectivity index (χ0) is 13.8. The largest absolute Gasteiger partial charge is 0.381 e. The highest BCUT2D eigenvalue weighted by Crippen LogP contribution is 2.20. The van der Waals surface area contributed by atoms with Crippen LogP contribution < -0.4 is 5.32 Å². The Morgan fingerprint density at radius 3 is 2.68 bits per heavy atom. The number of nitrogens with zero attached hydrogens (tertiary/aromatic N) is 1. The van der Waals surface area contributed by atoms with Gasteiger partial charge in [0, 0.05) is 19.8 Å². The second-order valence-electron chi connectivity index (χ2n) is 5.71. The quantitative estimate of drug-likeness (QED) is 0.820. The molecule has 2 saturated heterocycles. The van der Waals surface area contributed by atoms with Gasteiger partial charge in [0.1, 0.15) is 6.04 Å². The average molecular weight is 268 g/mol. The van der Waals surface area contributed by atoms with Crippen molar-refractivity contribution in [3.8, 4) is 0 Å². The molecule has 2 amide bonds. The third-order valence-corrected chi connectivity index (χ3v) is 4.26. The van der Waals surface area contributed by atoms with E-state index in [2.05, 4.69) is 5.32 Å². The SMILES string of the molecule is CCC(C)C1NC(=O)CN(CC2CCOCC2)C1=O. The molecule has 2 rings (SSSR count). The normalized spacial score (nSPS) is 27.3. The smallest absolute Gasteiger partial charge is 0.245 e. The fraction of sp³-hybridized carbons (Fsp3) is 0.857. The lowest BCUT2D eigenvalue weighted by Gasteiger charge is -2.37. The standard InChI is InChI=1S/C14H24N2O3/c1-3-10(2)13-14(18)16(9-12(17)15-13)8-11-4-6-19-7-5-11/h10-11,13H,3-9H2,1-2H3,(H,15,17). The highest BCUT2D eigenvalue weighted by molar-refractivity contribution is 5.95. The first-order valence-corrected chi connectivity index (χ1v) is 7.27. The van der Waals surface area contributed by atoms with Crippen molar-refractivity contribution in [3.05, 3.63) is 0 Å². The summed E-state index contributed by atoms with van der Waals surface area (Å²) in [6, 6.07) is -0.342. The van der Waals surface area contributed by atoms with Gasteiger partial charge in [-0.2, -0.15) is 0 Å². The van der Waals surface area contributed by atoms with Crippen molar-refractivity contribution < 1.29 is 14.3 Å². The monoisotopic (exact) mass is 268 g/mol. The molecule has 5 nitrogen and oxygen atoms in total. The van der Waals surface area contributed by atoms with Crippen LogP contribution in [0, 0.1) is 11.8 Å². The zero-order valence-electron chi connectivity index (χ0n) is 11.9. The second-order valence-corrected chi connectivity index (χ2v) is 5.71. The van der Waals surface area contributed by atoms with E-state index >= 15 is 0 Å². The van der Waals surface area contributed by atoms with Crippen LogP contribution >= 0.6 is 0 Å². The van der Waals surface area contributed by atoms with Crippen LogP contribution in [0.5, 0.6) is 0 Å². The van der Waals surface area contributed by atoms with Crippen molar-refractivity contribution in [1.29, 1.82) is 0 Å². The van der Waals surface area contributed by atoms with Gasteiger partial charge in [-0.15, -0.1) is 0 Å². The molecular weight excluding hydrogens is 244 g/mol. The predicted molar refractivity (Wildman–Crippen MR) is 71.5 cm³/mol. The summed E-state index contributed by atoms with van der Waals surface area (Å²) in [4.78, 5) is 25.9. The summed E-state index contributed by atoms with van der Waals surface area (Å²) in [5, 5.41) is 2.83. The molecule has 2 aliphatic rings. The molecule has 0 aromatic carbocycles. The van der Waals surface area contributed by atoms with Gasteiger partial charge >= 0.3 is 0 Å². The molecule has 0 spiro atoms. The lowest BCUT2D eigenvalue weighted by Crippen LogP contribution is -2.60. The summed E-state index contributed by atoms with van der Waals surface area (Å²) in [7, 11) is 0. The van der Waals surface area contributed by atoms with Crippen molar-refractivity contribution in [3.63, 3.8) is 0 Å². The first-order valence-electron chi connectivity index (χ1n) is 7.27. The zero-order valence-corrected chi connectivity index (χ0v) is 11.9. The van der Waals surface area contributed by atoms with Crippen LogP contribution in [-0.2, 0) is 14.3 Å². The Kier molecular flexibility index (Phi) is 4.80. The maximum Gasteiger partial charge on any atom is 0.245 e. The third-order valence-electron chi connectivity index (χ3n) is 4.26. The minimum Gasteiger partial charge on any atom is -0.381 e. The summed E-state index contributed by atoms with van der Waals surface area (Å²) >= 11 is 0. The molecule has 5 heteroatoms. The number of ether oxygens (including phenoxy) is 1. The number of carbonyl (C=O) groups is 2. The summed E-state index contributed by atoms with van der Waals surface area (Å²) in [6.07, 6.45) is 2.86. The lowest BCUT2D eigenvalue weighted by atomic mass is 9.94. The van der Waals surface area contributed by atoms with Gasteiger partial charge in [0.05, 0.1) is 6.54 Å². The van der Waals surface area contributed by atoms with E-state index in [1.807, 2.05) is 13.8 Å². The number of rotatable bonds is 4. The maximum atomic E-state index is 12.4. The van der Waals surface area contributed by atoms with Crippen molar-refractivity contribution in [1.82, 2.24) is 10.2 Å². The molecule has 0 aromatic heterocycles. The Labute approximate surface area is 114 Å². The molecule has 0 aromatic rings. The Bertz CT molecular complexity index is 340. The Hall–Kier alpha value is -1.10. The van der Waals surface area contributed by atoms with Gasteiger partial charge in [-0.1, -0.05) is 20.3 Å². The van der Waals surface area contributed by atoms with Crippen LogP contribution in [0.2, 0.25) is 0 Å². The molecule has 2 aliphatic heterocycles. The van der Waals surface area contributed by atoms with Gasteiger partial charge in [-0.3, -0.25) is 9.59 Å². The molecule has 108 valence electrons. The number of carbonyl (C=O) groups excluding carboxylic acids is 2. The van der Waals surface area contributed by atoms with Gasteiger partial charge in [0.15, 0.2) is 0 Å². The molecule has 0 saturated carbocycles. The molecule has 2 fully saturated rings. The Morgan fingerprint density at radius 1 is 1.37 bits per heavy atom. The molecule has 2 heterocycles. The van der Waals surface area contributed by atoms with Crippen LogP contribution in [0.25, 0.3) is 0 Å². The number of hydrogen-bond donors (Lipinski definition) is 1. The summed E-state index contributed by atoms with van der Waals surface area (Å²) < 4.78 is 5.33. The topological polar surface area (TPSA) is 58.6 Å². The first-order chi connectivity index (χ1) is 9.11. The number of hydrogen-bond acceptors (Lipinski definition) is 3. The van der Waals surface area contributed by atoms with Crippen LogP contribution in [0.1, 0.15) is 33.1 Å². The highest BCUT2D eigenvalue weighted by Gasteiger charge is 2.36. The molecule has 0 radical (unpaired) electrons. The summed E-state index contributed by atoms with van der Waals surface area (Å²) in [5.74, 6) is 0.715. The molecule has 19 heavy (non-hydrogen) atoms. The third kappa shape index (κ3) is 3.47.